The van der Waals surface area contributed by atoms with E-state index in [0.29, 0.717) is 54.5 Å². The summed E-state index contributed by atoms with van der Waals surface area (Å²) in [6, 6.07) is 6.64. The van der Waals surface area contributed by atoms with Gasteiger partial charge in [0, 0.05) is 66.8 Å². The van der Waals surface area contributed by atoms with E-state index in [9.17, 15) is 18.0 Å². The molecule has 1 N–H and O–H groups in total. The number of aromatic nitrogens is 4. The van der Waals surface area contributed by atoms with Crippen molar-refractivity contribution in [1.82, 2.24) is 30.0 Å². The highest BCUT2D eigenvalue weighted by atomic mass is 19.4. The van der Waals surface area contributed by atoms with Crippen molar-refractivity contribution in [1.29, 1.82) is 0 Å². The fourth-order valence-corrected chi connectivity index (χ4v) is 8.59. The molecule has 2 aromatic carbocycles. The molecule has 1 spiro atoms. The molecule has 5 heterocycles. The molecule has 2 aromatic heterocycles. The molecular formula is C38H42F3N7O3. The molecular weight excluding hydrogens is 659 g/mol. The van der Waals surface area contributed by atoms with Gasteiger partial charge in [0.15, 0.2) is 12.4 Å². The first kappa shape index (κ1) is 32.5. The Bertz CT molecular complexity index is 2020. The quantitative estimate of drug-likeness (QED) is 0.197. The van der Waals surface area contributed by atoms with Gasteiger partial charge in [-0.15, -0.1) is 0 Å². The van der Waals surface area contributed by atoms with Gasteiger partial charge in [0.25, 0.3) is 0 Å². The summed E-state index contributed by atoms with van der Waals surface area (Å²) >= 11 is 0. The topological polar surface area (TPSA) is 99.7 Å². The number of hydrogen-bond acceptors (Lipinski definition) is 8. The first-order valence-corrected chi connectivity index (χ1v) is 18.2. The van der Waals surface area contributed by atoms with Crippen LogP contribution in [0.25, 0.3) is 32.9 Å². The van der Waals surface area contributed by atoms with Crippen molar-refractivity contribution < 1.29 is 27.4 Å². The van der Waals surface area contributed by atoms with Crippen LogP contribution in [0.1, 0.15) is 62.0 Å². The highest BCUT2D eigenvalue weighted by Crippen LogP contribution is 2.53. The van der Waals surface area contributed by atoms with Gasteiger partial charge in [-0.2, -0.15) is 28.2 Å². The van der Waals surface area contributed by atoms with Gasteiger partial charge >= 0.3 is 12.2 Å². The van der Waals surface area contributed by atoms with Gasteiger partial charge in [0.1, 0.15) is 17.4 Å². The third kappa shape index (κ3) is 5.87. The predicted octanol–water partition coefficient (Wildman–Crippen LogP) is 6.53. The molecule has 0 atom stereocenters. The lowest BCUT2D eigenvalue weighted by Gasteiger charge is -2.54. The Morgan fingerprint density at radius 2 is 1.84 bits per heavy atom. The molecule has 0 unspecified atom stereocenters. The van der Waals surface area contributed by atoms with E-state index in [-0.39, 0.29) is 35.1 Å². The van der Waals surface area contributed by atoms with E-state index in [4.69, 9.17) is 19.4 Å². The van der Waals surface area contributed by atoms with E-state index < -0.39 is 12.8 Å². The minimum atomic E-state index is -4.56. The van der Waals surface area contributed by atoms with Crippen LogP contribution in [-0.2, 0) is 4.79 Å². The average Bonchev–Trinajstić information content (AvgIpc) is 3.79. The number of hydrogen-bond donors (Lipinski definition) is 1. The first-order valence-electron chi connectivity index (χ1n) is 18.2. The van der Waals surface area contributed by atoms with Crippen molar-refractivity contribution in [2.75, 3.05) is 50.8 Å². The van der Waals surface area contributed by atoms with Gasteiger partial charge in [-0.05, 0) is 92.9 Å². The van der Waals surface area contributed by atoms with Crippen LogP contribution < -0.4 is 14.4 Å². The van der Waals surface area contributed by atoms with Crippen LogP contribution in [0, 0.1) is 12.3 Å². The summed E-state index contributed by atoms with van der Waals surface area (Å²) in [7, 11) is 0. The highest BCUT2D eigenvalue weighted by Gasteiger charge is 2.47. The van der Waals surface area contributed by atoms with Crippen LogP contribution >= 0.6 is 0 Å². The fourth-order valence-electron chi connectivity index (χ4n) is 8.59. The van der Waals surface area contributed by atoms with Gasteiger partial charge in [-0.1, -0.05) is 12.6 Å². The number of carbonyl (C=O) groups is 1. The normalized spacial score (nSPS) is 23.2. The number of carbonyl (C=O) groups excluding carboxylic acids is 1. The number of benzene rings is 2. The molecule has 1 amide bonds. The Morgan fingerprint density at radius 1 is 1.08 bits per heavy atom. The third-order valence-electron chi connectivity index (χ3n) is 11.8. The van der Waals surface area contributed by atoms with Crippen LogP contribution in [0.5, 0.6) is 11.8 Å². The second-order valence-electron chi connectivity index (χ2n) is 15.3. The summed E-state index contributed by atoms with van der Waals surface area (Å²) in [6.45, 7) is 9.15. The smallest absolute Gasteiger partial charge is 0.422 e. The van der Waals surface area contributed by atoms with E-state index in [2.05, 4.69) is 32.6 Å². The van der Waals surface area contributed by atoms with Crippen molar-refractivity contribution in [3.8, 4) is 22.9 Å². The molecule has 5 aliphatic rings. The highest BCUT2D eigenvalue weighted by molar-refractivity contribution is 6.06. The standard InChI is InChI=1S/C38H42F3N7O3/c1-3-30(49)48-19-37(20-48)9-13-47(14-10-37)35-27-17-26(23-6-7-23)32(31-22(2)5-8-29-28(31)18-42-45-29)34(50-21-38(39,40)41)33(27)43-36(44-35)51-25-15-24(16-25)46-11-4-12-46/h3,5,8,17-18,23-25H,1,4,6-7,9-16,19-21H2,2H3,(H,42,45). The van der Waals surface area contributed by atoms with Crippen molar-refractivity contribution in [2.45, 2.75) is 76.1 Å². The number of fused-ring (bicyclic) bond motifs is 2. The number of anilines is 1. The maximum atomic E-state index is 14.0. The van der Waals surface area contributed by atoms with Gasteiger partial charge in [0.05, 0.1) is 11.7 Å². The van der Waals surface area contributed by atoms with Crippen LogP contribution in [0.3, 0.4) is 0 Å². The van der Waals surface area contributed by atoms with Crippen LogP contribution in [0.15, 0.2) is 37.1 Å². The molecule has 2 saturated carbocycles. The zero-order chi connectivity index (χ0) is 35.1. The summed E-state index contributed by atoms with van der Waals surface area (Å²) in [5.74, 6) is 0.889. The lowest BCUT2D eigenvalue weighted by Crippen LogP contribution is -2.61. The van der Waals surface area contributed by atoms with Gasteiger partial charge < -0.3 is 24.2 Å². The first-order chi connectivity index (χ1) is 24.6. The summed E-state index contributed by atoms with van der Waals surface area (Å²) in [5.41, 5.74) is 4.44. The zero-order valence-corrected chi connectivity index (χ0v) is 28.8. The molecule has 9 rings (SSSR count). The van der Waals surface area contributed by atoms with Crippen LogP contribution in [0.2, 0.25) is 0 Å². The van der Waals surface area contributed by atoms with Crippen molar-refractivity contribution in [3.05, 3.63) is 48.2 Å². The average molecular weight is 702 g/mol. The third-order valence-corrected chi connectivity index (χ3v) is 11.8. The van der Waals surface area contributed by atoms with Crippen molar-refractivity contribution >= 4 is 33.5 Å². The molecule has 10 nitrogen and oxygen atoms in total. The number of aromatic amines is 1. The van der Waals surface area contributed by atoms with Gasteiger partial charge in [-0.25, -0.2) is 0 Å². The Balaban J connectivity index is 1.17. The second-order valence-corrected chi connectivity index (χ2v) is 15.3. The largest absolute Gasteiger partial charge is 0.481 e. The monoisotopic (exact) mass is 701 g/mol. The molecule has 0 radical (unpaired) electrons. The summed E-state index contributed by atoms with van der Waals surface area (Å²) in [4.78, 5) is 28.7. The number of nitrogens with zero attached hydrogens (tertiary/aromatic N) is 6. The maximum Gasteiger partial charge on any atom is 0.422 e. The molecule has 268 valence electrons. The number of alkyl halides is 3. The minimum absolute atomic E-state index is 0.0449. The number of nitrogens with one attached hydrogen (secondary N) is 1. The lowest BCUT2D eigenvalue weighted by atomic mass is 9.72. The van der Waals surface area contributed by atoms with E-state index in [0.717, 1.165) is 79.2 Å². The van der Waals surface area contributed by atoms with Crippen molar-refractivity contribution in [3.63, 3.8) is 0 Å². The Morgan fingerprint density at radius 3 is 2.51 bits per heavy atom. The van der Waals surface area contributed by atoms with Gasteiger partial charge in [0.2, 0.25) is 5.91 Å². The molecule has 2 aliphatic carbocycles. The van der Waals surface area contributed by atoms with E-state index >= 15 is 0 Å². The molecule has 13 heteroatoms. The number of ether oxygens (including phenoxy) is 2. The second kappa shape index (κ2) is 12.1. The predicted molar refractivity (Wildman–Crippen MR) is 187 cm³/mol. The van der Waals surface area contributed by atoms with Crippen LogP contribution in [0.4, 0.5) is 19.0 Å². The van der Waals surface area contributed by atoms with E-state index in [1.807, 2.05) is 24.0 Å². The maximum absolute atomic E-state index is 14.0. The molecule has 3 aliphatic heterocycles. The number of H-pyrrole nitrogens is 1. The Labute approximate surface area is 294 Å². The lowest BCUT2D eigenvalue weighted by molar-refractivity contribution is -0.153. The fraction of sp³-hybridized carbons (Fsp3) is 0.526. The molecule has 51 heavy (non-hydrogen) atoms. The number of likely N-dealkylation sites (tertiary alicyclic amines) is 2. The van der Waals surface area contributed by atoms with E-state index in [1.165, 1.54) is 12.5 Å². The number of rotatable bonds is 9. The summed E-state index contributed by atoms with van der Waals surface area (Å²) in [5, 5.41) is 8.79. The number of aryl methyl sites for hydroxylation is 1. The molecule has 3 saturated heterocycles. The minimum Gasteiger partial charge on any atom is -0.481 e. The Kier molecular flexibility index (Phi) is 7.71. The van der Waals surface area contributed by atoms with Crippen LogP contribution in [-0.4, -0.2) is 100 Å². The molecule has 0 bridgehead atoms. The number of piperidine rings is 1. The zero-order valence-electron chi connectivity index (χ0n) is 28.8. The number of halogens is 3. The van der Waals surface area contributed by atoms with E-state index in [1.54, 1.807) is 6.20 Å². The number of amides is 1. The molecule has 4 aromatic rings. The summed E-state index contributed by atoms with van der Waals surface area (Å²) < 4.78 is 54.4. The Hall–Kier alpha value is -4.39. The SMILES string of the molecule is C=CC(=O)N1CC2(CCN(c3nc(OC4CC(N5CCC5)C4)nc4c(OCC(F)(F)F)c(-c5c(C)ccc6[nH]ncc56)c(C5CC5)cc34)CC2)C1. The van der Waals surface area contributed by atoms with Gasteiger partial charge in [-0.3, -0.25) is 9.89 Å². The summed E-state index contributed by atoms with van der Waals surface area (Å²) in [6.07, 6.45) is 5.01. The molecule has 5 fully saturated rings. The van der Waals surface area contributed by atoms with Crippen molar-refractivity contribution in [2.24, 2.45) is 5.41 Å².